The van der Waals surface area contributed by atoms with E-state index in [4.69, 9.17) is 0 Å². The molecule has 2 aliphatic rings. The van der Waals surface area contributed by atoms with Gasteiger partial charge in [0.1, 0.15) is 5.84 Å². The van der Waals surface area contributed by atoms with Gasteiger partial charge in [0.2, 0.25) is 0 Å². The fourth-order valence-electron chi connectivity index (χ4n) is 2.67. The Labute approximate surface area is 137 Å². The van der Waals surface area contributed by atoms with Crippen molar-refractivity contribution in [3.63, 3.8) is 0 Å². The van der Waals surface area contributed by atoms with Crippen LogP contribution in [-0.4, -0.2) is 36.9 Å². The third kappa shape index (κ3) is 4.99. The molecule has 2 heterocycles. The molecule has 0 aliphatic carbocycles. The summed E-state index contributed by atoms with van der Waals surface area (Å²) in [6, 6.07) is 0. The van der Waals surface area contributed by atoms with E-state index in [9.17, 15) is 0 Å². The van der Waals surface area contributed by atoms with Crippen LogP contribution in [0.25, 0.3) is 0 Å². The van der Waals surface area contributed by atoms with Gasteiger partial charge in [-0.25, -0.2) is 0 Å². The van der Waals surface area contributed by atoms with Gasteiger partial charge in [0, 0.05) is 19.7 Å². The maximum Gasteiger partial charge on any atom is 0.133 e. The minimum atomic E-state index is 0. The van der Waals surface area contributed by atoms with Crippen LogP contribution < -0.4 is 5.32 Å². The standard InChI is InChI=1S/C17H25N3.C2H6.H2/c1-4-6-9-18-17-16(14(3)5-2)15(12-19-17)13-20-10-7-8-11-20;1-2;/h4-6,12H,2,7-11,13H2,1,3H3,(H,18,19);1-2H3;1H/b6-4-,16-14+;;. The Bertz CT molecular complexity index is 481. The van der Waals surface area contributed by atoms with Crippen molar-refractivity contribution in [2.24, 2.45) is 4.99 Å². The Hall–Kier alpha value is -1.61. The van der Waals surface area contributed by atoms with Crippen molar-refractivity contribution < 1.29 is 1.43 Å². The summed E-state index contributed by atoms with van der Waals surface area (Å²) in [5.74, 6) is 0.981. The molecule has 1 saturated heterocycles. The molecule has 124 valence electrons. The molecule has 0 atom stereocenters. The summed E-state index contributed by atoms with van der Waals surface area (Å²) in [5, 5.41) is 3.33. The molecule has 0 aromatic carbocycles. The zero-order chi connectivity index (χ0) is 16.4. The Morgan fingerprint density at radius 3 is 2.68 bits per heavy atom. The lowest BCUT2D eigenvalue weighted by atomic mass is 10.0. The molecular weight excluding hydrogens is 270 g/mol. The highest BCUT2D eigenvalue weighted by atomic mass is 15.1. The highest BCUT2D eigenvalue weighted by Gasteiger charge is 2.23. The van der Waals surface area contributed by atoms with Crippen molar-refractivity contribution in [3.05, 3.63) is 47.7 Å². The SMILES string of the molecule is C=C/C(C)=C1\C(CN2CCCC2)=CNC1=NC/C=C\C.CC.[HH]. The van der Waals surface area contributed by atoms with Crippen LogP contribution >= 0.6 is 0 Å². The van der Waals surface area contributed by atoms with Crippen molar-refractivity contribution in [2.75, 3.05) is 26.2 Å². The molecular formula is C19H33N3. The van der Waals surface area contributed by atoms with Crippen LogP contribution in [0.2, 0.25) is 0 Å². The van der Waals surface area contributed by atoms with E-state index in [1.165, 1.54) is 42.7 Å². The topological polar surface area (TPSA) is 27.6 Å². The third-order valence-electron chi connectivity index (χ3n) is 3.82. The Kier molecular flexibility index (Phi) is 8.53. The summed E-state index contributed by atoms with van der Waals surface area (Å²) >= 11 is 0. The summed E-state index contributed by atoms with van der Waals surface area (Å²) in [6.07, 6.45) is 10.8. The first-order valence-electron chi connectivity index (χ1n) is 8.44. The van der Waals surface area contributed by atoms with Crippen molar-refractivity contribution in [1.29, 1.82) is 0 Å². The molecule has 22 heavy (non-hydrogen) atoms. The summed E-state index contributed by atoms with van der Waals surface area (Å²) in [6.45, 7) is 16.2. The summed E-state index contributed by atoms with van der Waals surface area (Å²) in [5.41, 5.74) is 3.76. The number of hydrogen-bond donors (Lipinski definition) is 1. The molecule has 2 rings (SSSR count). The molecule has 0 radical (unpaired) electrons. The number of likely N-dealkylation sites (tertiary alicyclic amines) is 1. The molecule has 0 bridgehead atoms. The van der Waals surface area contributed by atoms with E-state index in [0.717, 1.165) is 18.9 Å². The highest BCUT2D eigenvalue weighted by molar-refractivity contribution is 6.06. The average Bonchev–Trinajstić information content (AvgIpc) is 3.19. The summed E-state index contributed by atoms with van der Waals surface area (Å²) < 4.78 is 0. The van der Waals surface area contributed by atoms with Crippen molar-refractivity contribution in [2.45, 2.75) is 40.5 Å². The number of hydrogen-bond acceptors (Lipinski definition) is 2. The van der Waals surface area contributed by atoms with Gasteiger partial charge in [-0.15, -0.1) is 0 Å². The van der Waals surface area contributed by atoms with Crippen LogP contribution in [0.3, 0.4) is 0 Å². The zero-order valence-electron chi connectivity index (χ0n) is 14.7. The van der Waals surface area contributed by atoms with Gasteiger partial charge < -0.3 is 5.32 Å². The van der Waals surface area contributed by atoms with E-state index in [1.807, 2.05) is 32.9 Å². The largest absolute Gasteiger partial charge is 0.346 e. The normalized spacial score (nSPS) is 22.4. The second-order valence-electron chi connectivity index (χ2n) is 5.32. The molecule has 0 aromatic rings. The van der Waals surface area contributed by atoms with Crippen LogP contribution in [0.15, 0.2) is 52.7 Å². The minimum absolute atomic E-state index is 0. The van der Waals surface area contributed by atoms with E-state index in [-0.39, 0.29) is 1.43 Å². The predicted octanol–water partition coefficient (Wildman–Crippen LogP) is 4.32. The Morgan fingerprint density at radius 1 is 1.41 bits per heavy atom. The van der Waals surface area contributed by atoms with E-state index < -0.39 is 0 Å². The Balaban J connectivity index is 0.00000155. The van der Waals surface area contributed by atoms with Crippen LogP contribution in [0.5, 0.6) is 0 Å². The zero-order valence-corrected chi connectivity index (χ0v) is 14.7. The first-order valence-corrected chi connectivity index (χ1v) is 8.44. The number of allylic oxidation sites excluding steroid dienone is 3. The van der Waals surface area contributed by atoms with Gasteiger partial charge in [0.05, 0.1) is 6.54 Å². The smallest absolute Gasteiger partial charge is 0.133 e. The lowest BCUT2D eigenvalue weighted by Crippen LogP contribution is -2.23. The molecule has 2 aliphatic heterocycles. The molecule has 0 spiro atoms. The molecule has 0 saturated carbocycles. The highest BCUT2D eigenvalue weighted by Crippen LogP contribution is 2.23. The molecule has 3 heteroatoms. The summed E-state index contributed by atoms with van der Waals surface area (Å²) in [7, 11) is 0. The van der Waals surface area contributed by atoms with Crippen LogP contribution in [-0.2, 0) is 0 Å². The van der Waals surface area contributed by atoms with Gasteiger partial charge in [-0.2, -0.15) is 0 Å². The van der Waals surface area contributed by atoms with Crippen LogP contribution in [0.4, 0.5) is 0 Å². The maximum absolute atomic E-state index is 4.63. The maximum atomic E-state index is 4.63. The van der Waals surface area contributed by atoms with Crippen molar-refractivity contribution in [1.82, 2.24) is 10.2 Å². The first-order chi connectivity index (χ1) is 10.8. The monoisotopic (exact) mass is 303 g/mol. The van der Waals surface area contributed by atoms with Crippen LogP contribution in [0, 0.1) is 0 Å². The summed E-state index contributed by atoms with van der Waals surface area (Å²) in [4.78, 5) is 7.14. The third-order valence-corrected chi connectivity index (χ3v) is 3.82. The molecule has 1 N–H and O–H groups in total. The number of rotatable bonds is 5. The van der Waals surface area contributed by atoms with Crippen molar-refractivity contribution >= 4 is 5.84 Å². The van der Waals surface area contributed by atoms with Gasteiger partial charge >= 0.3 is 0 Å². The first kappa shape index (κ1) is 18.4. The number of aliphatic imine (C=N–C) groups is 1. The van der Waals surface area contributed by atoms with Gasteiger partial charge in [0.25, 0.3) is 0 Å². The van der Waals surface area contributed by atoms with Crippen LogP contribution in [0.1, 0.15) is 42.0 Å². The minimum Gasteiger partial charge on any atom is -0.346 e. The van der Waals surface area contributed by atoms with E-state index in [1.54, 1.807) is 0 Å². The number of nitrogens with zero attached hydrogens (tertiary/aromatic N) is 2. The predicted molar refractivity (Wildman–Crippen MR) is 100 cm³/mol. The molecule has 0 amide bonds. The van der Waals surface area contributed by atoms with Gasteiger partial charge in [-0.1, -0.05) is 38.7 Å². The lowest BCUT2D eigenvalue weighted by molar-refractivity contribution is 0.371. The molecule has 3 nitrogen and oxygen atoms in total. The second kappa shape index (κ2) is 10.2. The Morgan fingerprint density at radius 2 is 2.09 bits per heavy atom. The van der Waals surface area contributed by atoms with Gasteiger partial charge in [0.15, 0.2) is 0 Å². The van der Waals surface area contributed by atoms with E-state index >= 15 is 0 Å². The van der Waals surface area contributed by atoms with E-state index in [0.29, 0.717) is 0 Å². The fourth-order valence-corrected chi connectivity index (χ4v) is 2.67. The average molecular weight is 303 g/mol. The van der Waals surface area contributed by atoms with Gasteiger partial charge in [-0.3, -0.25) is 9.89 Å². The lowest BCUT2D eigenvalue weighted by Gasteiger charge is -2.16. The number of nitrogens with one attached hydrogen (secondary N) is 1. The fraction of sp³-hybridized carbons (Fsp3) is 0.526. The quantitative estimate of drug-likeness (QED) is 0.766. The number of amidine groups is 1. The van der Waals surface area contributed by atoms with E-state index in [2.05, 4.69) is 41.0 Å². The molecule has 1 fully saturated rings. The second-order valence-corrected chi connectivity index (χ2v) is 5.32. The van der Waals surface area contributed by atoms with Crippen molar-refractivity contribution in [3.8, 4) is 0 Å². The van der Waals surface area contributed by atoms with Gasteiger partial charge in [-0.05, 0) is 50.9 Å². The molecule has 0 aromatic heterocycles. The molecule has 0 unspecified atom stereocenters.